The number of carbonyl (C=O) groups is 1. The summed E-state index contributed by atoms with van der Waals surface area (Å²) in [4.78, 5) is 12.1. The van der Waals surface area contributed by atoms with Crippen molar-refractivity contribution >= 4 is 37.5 Å². The molecular formula is C14H21BrN2O4S. The van der Waals surface area contributed by atoms with E-state index in [-0.39, 0.29) is 19.0 Å². The van der Waals surface area contributed by atoms with Crippen LogP contribution in [0.3, 0.4) is 0 Å². The first kappa shape index (κ1) is 19.1. The van der Waals surface area contributed by atoms with Gasteiger partial charge in [-0.15, -0.1) is 0 Å². The van der Waals surface area contributed by atoms with E-state index in [1.165, 1.54) is 0 Å². The highest BCUT2D eigenvalue weighted by molar-refractivity contribution is 9.10. The molecule has 1 aromatic carbocycles. The molecule has 1 N–H and O–H groups in total. The van der Waals surface area contributed by atoms with Gasteiger partial charge >= 0.3 is 0 Å². The second-order valence-electron chi connectivity index (χ2n) is 4.95. The highest BCUT2D eigenvalue weighted by atomic mass is 79.9. The molecule has 0 saturated carbocycles. The summed E-state index contributed by atoms with van der Waals surface area (Å²) in [6.45, 7) is 2.35. The fraction of sp³-hybridized carbons (Fsp3) is 0.500. The van der Waals surface area contributed by atoms with Crippen molar-refractivity contribution in [3.8, 4) is 0 Å². The van der Waals surface area contributed by atoms with Crippen molar-refractivity contribution in [3.63, 3.8) is 0 Å². The fourth-order valence-corrected chi connectivity index (χ4v) is 3.15. The molecule has 0 fully saturated rings. The number of amides is 1. The molecule has 1 aromatic rings. The fourth-order valence-electron chi connectivity index (χ4n) is 1.86. The summed E-state index contributed by atoms with van der Waals surface area (Å²) in [6, 6.07) is 5.46. The van der Waals surface area contributed by atoms with Crippen LogP contribution in [0.2, 0.25) is 0 Å². The van der Waals surface area contributed by atoms with Crippen molar-refractivity contribution < 1.29 is 17.9 Å². The Bertz CT molecular complexity index is 619. The minimum absolute atomic E-state index is 0.210. The monoisotopic (exact) mass is 392 g/mol. The summed E-state index contributed by atoms with van der Waals surface area (Å²) in [7, 11) is -1.89. The number of ether oxygens (including phenoxy) is 1. The molecule has 0 bridgehead atoms. The maximum Gasteiger partial charge on any atom is 0.239 e. The van der Waals surface area contributed by atoms with Crippen LogP contribution in [0.5, 0.6) is 0 Å². The average molecular weight is 393 g/mol. The van der Waals surface area contributed by atoms with E-state index in [1.807, 2.05) is 19.1 Å². The molecule has 1 amide bonds. The Kier molecular flexibility index (Phi) is 7.47. The second-order valence-corrected chi connectivity index (χ2v) is 7.85. The number of rotatable bonds is 8. The Morgan fingerprint density at radius 2 is 2.09 bits per heavy atom. The number of benzene rings is 1. The van der Waals surface area contributed by atoms with E-state index in [9.17, 15) is 13.2 Å². The van der Waals surface area contributed by atoms with Crippen LogP contribution in [0.1, 0.15) is 12.0 Å². The molecule has 0 aromatic heterocycles. The van der Waals surface area contributed by atoms with Gasteiger partial charge in [0, 0.05) is 30.4 Å². The lowest BCUT2D eigenvalue weighted by molar-refractivity contribution is -0.116. The predicted molar refractivity (Wildman–Crippen MR) is 90.4 cm³/mol. The number of nitrogens with zero attached hydrogens (tertiary/aromatic N) is 1. The van der Waals surface area contributed by atoms with Crippen LogP contribution in [-0.4, -0.2) is 51.7 Å². The number of hydrogen-bond donors (Lipinski definition) is 1. The molecule has 0 aliphatic heterocycles. The van der Waals surface area contributed by atoms with E-state index in [1.54, 1.807) is 13.2 Å². The number of carbonyl (C=O) groups excluding carboxylic acids is 1. The van der Waals surface area contributed by atoms with Crippen LogP contribution in [0, 0.1) is 6.92 Å². The first-order chi connectivity index (χ1) is 10.2. The van der Waals surface area contributed by atoms with Crippen molar-refractivity contribution in [2.24, 2.45) is 0 Å². The number of hydrogen-bond acceptors (Lipinski definition) is 4. The number of halogens is 1. The minimum atomic E-state index is -3.44. The van der Waals surface area contributed by atoms with Crippen LogP contribution in [0.4, 0.5) is 5.69 Å². The normalized spacial score (nSPS) is 11.7. The summed E-state index contributed by atoms with van der Waals surface area (Å²) in [6.07, 6.45) is 1.63. The maximum absolute atomic E-state index is 12.1. The highest BCUT2D eigenvalue weighted by Gasteiger charge is 2.20. The minimum Gasteiger partial charge on any atom is -0.385 e. The van der Waals surface area contributed by atoms with E-state index in [0.717, 1.165) is 20.6 Å². The number of sulfonamides is 1. The highest BCUT2D eigenvalue weighted by Crippen LogP contribution is 2.20. The van der Waals surface area contributed by atoms with Gasteiger partial charge in [0.1, 0.15) is 0 Å². The SMILES string of the molecule is COCCCN(CC(=O)Nc1ccc(Br)cc1C)S(C)(=O)=O. The third-order valence-electron chi connectivity index (χ3n) is 3.01. The van der Waals surface area contributed by atoms with Crippen LogP contribution in [0.15, 0.2) is 22.7 Å². The Balaban J connectivity index is 2.70. The Labute approximate surface area is 140 Å². The molecule has 1 rings (SSSR count). The lowest BCUT2D eigenvalue weighted by atomic mass is 10.2. The molecule has 0 aliphatic carbocycles. The van der Waals surface area contributed by atoms with Gasteiger partial charge in [0.15, 0.2) is 0 Å². The molecule has 0 unspecified atom stereocenters. The quantitative estimate of drug-likeness (QED) is 0.686. The van der Waals surface area contributed by atoms with Gasteiger partial charge < -0.3 is 10.1 Å². The average Bonchev–Trinajstić information content (AvgIpc) is 2.40. The van der Waals surface area contributed by atoms with E-state index in [4.69, 9.17) is 4.74 Å². The van der Waals surface area contributed by atoms with E-state index < -0.39 is 10.0 Å². The Morgan fingerprint density at radius 3 is 2.64 bits per heavy atom. The van der Waals surface area contributed by atoms with Crippen LogP contribution in [-0.2, 0) is 19.6 Å². The van der Waals surface area contributed by atoms with Gasteiger partial charge in [-0.2, -0.15) is 4.31 Å². The van der Waals surface area contributed by atoms with E-state index in [2.05, 4.69) is 21.2 Å². The molecule has 0 aliphatic rings. The topological polar surface area (TPSA) is 75.7 Å². The zero-order valence-electron chi connectivity index (χ0n) is 12.9. The van der Waals surface area contributed by atoms with Gasteiger partial charge in [-0.25, -0.2) is 8.42 Å². The van der Waals surface area contributed by atoms with Gasteiger partial charge in [0.2, 0.25) is 15.9 Å². The lowest BCUT2D eigenvalue weighted by Crippen LogP contribution is -2.38. The molecule has 0 spiro atoms. The molecule has 6 nitrogen and oxygen atoms in total. The van der Waals surface area contributed by atoms with E-state index in [0.29, 0.717) is 18.7 Å². The predicted octanol–water partition coefficient (Wildman–Crippen LogP) is 1.99. The maximum atomic E-state index is 12.1. The zero-order valence-corrected chi connectivity index (χ0v) is 15.3. The first-order valence-electron chi connectivity index (χ1n) is 6.74. The first-order valence-corrected chi connectivity index (χ1v) is 9.38. The van der Waals surface area contributed by atoms with Gasteiger partial charge in [-0.3, -0.25) is 4.79 Å². The van der Waals surface area contributed by atoms with E-state index >= 15 is 0 Å². The van der Waals surface area contributed by atoms with Crippen molar-refractivity contribution in [2.45, 2.75) is 13.3 Å². The molecule has 22 heavy (non-hydrogen) atoms. The molecule has 0 radical (unpaired) electrons. The Hall–Kier alpha value is -0.960. The molecule has 0 saturated heterocycles. The summed E-state index contributed by atoms with van der Waals surface area (Å²) in [5.41, 5.74) is 1.56. The summed E-state index contributed by atoms with van der Waals surface area (Å²) in [5.74, 6) is -0.367. The third-order valence-corrected chi connectivity index (χ3v) is 4.75. The number of aryl methyl sites for hydroxylation is 1. The molecule has 8 heteroatoms. The largest absolute Gasteiger partial charge is 0.385 e. The van der Waals surface area contributed by atoms with Crippen LogP contribution >= 0.6 is 15.9 Å². The molecular weight excluding hydrogens is 372 g/mol. The Morgan fingerprint density at radius 1 is 1.41 bits per heavy atom. The second kappa shape index (κ2) is 8.61. The van der Waals surface area contributed by atoms with Crippen molar-refractivity contribution in [2.75, 3.05) is 38.4 Å². The lowest BCUT2D eigenvalue weighted by Gasteiger charge is -2.19. The van der Waals surface area contributed by atoms with Gasteiger partial charge in [-0.05, 0) is 37.1 Å². The molecule has 124 valence electrons. The number of anilines is 1. The summed E-state index contributed by atoms with van der Waals surface area (Å²) < 4.78 is 30.4. The summed E-state index contributed by atoms with van der Waals surface area (Å²) >= 11 is 3.35. The van der Waals surface area contributed by atoms with Crippen molar-refractivity contribution in [3.05, 3.63) is 28.2 Å². The van der Waals surface area contributed by atoms with Crippen LogP contribution in [0.25, 0.3) is 0 Å². The number of nitrogens with one attached hydrogen (secondary N) is 1. The number of methoxy groups -OCH3 is 1. The molecule has 0 heterocycles. The van der Waals surface area contributed by atoms with Gasteiger partial charge in [0.25, 0.3) is 0 Å². The standard InChI is InChI=1S/C14H21BrN2O4S/c1-11-9-12(15)5-6-13(11)16-14(18)10-17(22(3,19)20)7-4-8-21-2/h5-6,9H,4,7-8,10H2,1-3H3,(H,16,18). The zero-order chi connectivity index (χ0) is 16.8. The van der Waals surface area contributed by atoms with Crippen molar-refractivity contribution in [1.82, 2.24) is 4.31 Å². The van der Waals surface area contributed by atoms with Gasteiger partial charge in [-0.1, -0.05) is 15.9 Å². The van der Waals surface area contributed by atoms with Crippen LogP contribution < -0.4 is 5.32 Å². The van der Waals surface area contributed by atoms with Crippen molar-refractivity contribution in [1.29, 1.82) is 0 Å². The smallest absolute Gasteiger partial charge is 0.239 e. The van der Waals surface area contributed by atoms with Gasteiger partial charge in [0.05, 0.1) is 12.8 Å². The molecule has 0 atom stereocenters. The summed E-state index contributed by atoms with van der Waals surface area (Å²) in [5, 5.41) is 2.73. The third kappa shape index (κ3) is 6.43.